The molecule has 0 aliphatic heterocycles. The summed E-state index contributed by atoms with van der Waals surface area (Å²) in [5, 5.41) is -1.39. The van der Waals surface area contributed by atoms with Gasteiger partial charge in [-0.25, -0.2) is 0 Å². The van der Waals surface area contributed by atoms with Gasteiger partial charge in [0.15, 0.2) is 0 Å². The highest BCUT2D eigenvalue weighted by Gasteiger charge is 2.21. The van der Waals surface area contributed by atoms with Crippen LogP contribution in [0.3, 0.4) is 0 Å². The molecule has 0 radical (unpaired) electrons. The van der Waals surface area contributed by atoms with E-state index in [1.165, 1.54) is 22.8 Å². The van der Waals surface area contributed by atoms with Crippen LogP contribution in [0.1, 0.15) is 34.3 Å². The molecule has 0 aliphatic rings. The topological polar surface area (TPSA) is 23.0 Å². The number of hydrogen-bond donors (Lipinski definition) is 0. The Kier molecular flexibility index (Phi) is 3.46. The van der Waals surface area contributed by atoms with Crippen LogP contribution in [0.5, 0.6) is 0 Å². The lowest BCUT2D eigenvalue weighted by molar-refractivity contribution is 0.669. The zero-order valence-electron chi connectivity index (χ0n) is 54.0. The number of rotatable bonds is 5. The molecule has 0 bridgehead atoms. The Hall–Kier alpha value is -7.62. The number of benzene rings is 9. The Bertz CT molecular complexity index is 4930. The van der Waals surface area contributed by atoms with Crippen molar-refractivity contribution >= 4 is 65.6 Å². The third-order valence-corrected chi connectivity index (χ3v) is 9.83. The average Bonchev–Trinajstić information content (AvgIpc) is 1.72. The lowest BCUT2D eigenvalue weighted by atomic mass is 9.98. The SMILES string of the molecule is [2H]c1c([2H])c([2H])c(-c2c([2H])c([2H])c(-n3c4c([2H])c([2H])c([2H])c([2H])c4c4c([2H])c(-c5c([2H])c([2H])c6c(c5[2H])c5c([2H])c([2H])c([2H])c([2H])c5n6-c5ccc([2H])c6oc7c([2H])ccc(-c8ccccc8)c7c56)c([2H])c([2H])c43)c([2H])c2[2H])c([2H])c1[2H]. The molecule has 0 atom stereocenters. The third kappa shape index (κ3) is 4.86. The molecule has 3 nitrogen and oxygen atoms in total. The zero-order valence-corrected chi connectivity index (χ0v) is 29.0. The van der Waals surface area contributed by atoms with E-state index in [9.17, 15) is 16.4 Å². The van der Waals surface area contributed by atoms with Crippen LogP contribution in [0, 0.1) is 0 Å². The summed E-state index contributed by atoms with van der Waals surface area (Å²) in [7, 11) is 0. The molecule has 0 unspecified atom stereocenters. The van der Waals surface area contributed by atoms with Gasteiger partial charge in [-0.05, 0) is 99.9 Å². The average molecular weight is 752 g/mol. The van der Waals surface area contributed by atoms with Crippen molar-refractivity contribution in [3.63, 3.8) is 0 Å². The van der Waals surface area contributed by atoms with E-state index >= 15 is 0 Å². The van der Waals surface area contributed by atoms with Crippen LogP contribution in [0.25, 0.3) is 110 Å². The van der Waals surface area contributed by atoms with E-state index in [1.807, 2.05) is 12.1 Å². The second-order valence-corrected chi connectivity index (χ2v) is 12.9. The number of fused-ring (bicyclic) bond motifs is 9. The van der Waals surface area contributed by atoms with Gasteiger partial charge < -0.3 is 13.6 Å². The molecule has 266 valence electrons. The van der Waals surface area contributed by atoms with Gasteiger partial charge in [0.1, 0.15) is 11.2 Å². The van der Waals surface area contributed by atoms with Gasteiger partial charge in [0.2, 0.25) is 0 Å². The molecule has 0 aliphatic carbocycles. The van der Waals surface area contributed by atoms with Crippen LogP contribution in [-0.4, -0.2) is 9.13 Å². The van der Waals surface area contributed by atoms with Gasteiger partial charge in [-0.15, -0.1) is 0 Å². The highest BCUT2D eigenvalue weighted by molar-refractivity contribution is 6.18. The molecule has 57 heavy (non-hydrogen) atoms. The maximum absolute atomic E-state index is 10.1. The molecule has 0 fully saturated rings. The van der Waals surface area contributed by atoms with Crippen LogP contribution in [0.2, 0.25) is 0 Å². The summed E-state index contributed by atoms with van der Waals surface area (Å²) in [6.45, 7) is 0. The minimum absolute atomic E-state index is 0.0484. The van der Waals surface area contributed by atoms with Crippen molar-refractivity contribution in [1.29, 1.82) is 0 Å². The van der Waals surface area contributed by atoms with E-state index < -0.39 is 194 Å². The van der Waals surface area contributed by atoms with Crippen molar-refractivity contribution < 1.29 is 38.7 Å². The fourth-order valence-electron chi connectivity index (χ4n) is 7.41. The minimum atomic E-state index is -1.00. The van der Waals surface area contributed by atoms with Crippen LogP contribution < -0.4 is 0 Å². The molecule has 9 aromatic carbocycles. The molecule has 3 heterocycles. The summed E-state index contributed by atoms with van der Waals surface area (Å²) in [5.74, 6) is 0. The predicted octanol–water partition coefficient (Wildman–Crippen LogP) is 14.8. The van der Waals surface area contributed by atoms with Gasteiger partial charge in [0, 0.05) is 32.6 Å². The van der Waals surface area contributed by atoms with Crippen molar-refractivity contribution in [2.24, 2.45) is 0 Å². The van der Waals surface area contributed by atoms with Gasteiger partial charge in [-0.1, -0.05) is 139 Å². The first-order valence-electron chi connectivity index (χ1n) is 30.0. The molecule has 0 N–H and O–H groups in total. The van der Waals surface area contributed by atoms with Crippen molar-refractivity contribution in [2.75, 3.05) is 0 Å². The molecular formula is C54H34N2O. The molecule has 3 heteroatoms. The van der Waals surface area contributed by atoms with Gasteiger partial charge in [-0.2, -0.15) is 0 Å². The minimum Gasteiger partial charge on any atom is -0.456 e. The van der Waals surface area contributed by atoms with Gasteiger partial charge in [0.05, 0.1) is 67.4 Å². The Morgan fingerprint density at radius 2 is 0.912 bits per heavy atom. The highest BCUT2D eigenvalue weighted by Crippen LogP contribution is 2.43. The van der Waals surface area contributed by atoms with Crippen LogP contribution in [0.4, 0.5) is 0 Å². The van der Waals surface area contributed by atoms with Gasteiger partial charge in [-0.3, -0.25) is 0 Å². The quantitative estimate of drug-likeness (QED) is 0.172. The third-order valence-electron chi connectivity index (χ3n) is 9.83. The number of nitrogens with zero attached hydrogens (tertiary/aromatic N) is 2. The van der Waals surface area contributed by atoms with E-state index in [1.54, 1.807) is 24.3 Å². The summed E-state index contributed by atoms with van der Waals surface area (Å²) >= 11 is 0. The fraction of sp³-hybridized carbons (Fsp3) is 0. The maximum atomic E-state index is 10.1. The van der Waals surface area contributed by atoms with Crippen LogP contribution >= 0.6 is 0 Å². The van der Waals surface area contributed by atoms with E-state index in [0.717, 1.165) is 4.57 Å². The lowest BCUT2D eigenvalue weighted by Crippen LogP contribution is -1.95. The number of para-hydroxylation sites is 2. The Morgan fingerprint density at radius 1 is 0.368 bits per heavy atom. The number of hydrogen-bond acceptors (Lipinski definition) is 1. The first-order valence-corrected chi connectivity index (χ1v) is 17.5. The van der Waals surface area contributed by atoms with E-state index in [4.69, 9.17) is 22.2 Å². The Balaban J connectivity index is 1.23. The van der Waals surface area contributed by atoms with E-state index in [2.05, 4.69) is 0 Å². The number of aromatic nitrogens is 2. The summed E-state index contributed by atoms with van der Waals surface area (Å²) in [6.07, 6.45) is 0. The zero-order chi connectivity index (χ0) is 59.2. The largest absolute Gasteiger partial charge is 0.456 e. The second kappa shape index (κ2) is 12.5. The smallest absolute Gasteiger partial charge is 0.137 e. The van der Waals surface area contributed by atoms with Crippen molar-refractivity contribution in [3.8, 4) is 44.8 Å². The molecule has 0 saturated carbocycles. The van der Waals surface area contributed by atoms with Gasteiger partial charge in [0.25, 0.3) is 0 Å². The highest BCUT2D eigenvalue weighted by atomic mass is 16.3. The summed E-state index contributed by atoms with van der Waals surface area (Å²) in [6, 6.07) is -5.05. The fourth-order valence-corrected chi connectivity index (χ4v) is 7.41. The second-order valence-electron chi connectivity index (χ2n) is 12.9. The maximum Gasteiger partial charge on any atom is 0.137 e. The first-order chi connectivity index (χ1) is 38.7. The monoisotopic (exact) mass is 751 g/mol. The first kappa shape index (κ1) is 15.9. The molecule has 3 aromatic heterocycles. The summed E-state index contributed by atoms with van der Waals surface area (Å²) < 4.78 is 236. The molecule has 0 amide bonds. The van der Waals surface area contributed by atoms with E-state index in [0.29, 0.717) is 16.5 Å². The van der Waals surface area contributed by atoms with Crippen LogP contribution in [-0.2, 0) is 0 Å². The van der Waals surface area contributed by atoms with Crippen molar-refractivity contribution in [2.45, 2.75) is 0 Å². The molecule has 0 saturated heterocycles. The lowest BCUT2D eigenvalue weighted by Gasteiger charge is -2.11. The summed E-state index contributed by atoms with van der Waals surface area (Å²) in [4.78, 5) is 0. The van der Waals surface area contributed by atoms with Crippen molar-refractivity contribution in [1.82, 2.24) is 9.13 Å². The standard InChI is InChI=1S/C54H34N2O/c1-3-13-35(14-4-1)36-25-29-40(30-26-36)55-46-20-9-7-17-42(46)44-33-38(27-31-48(44)55)39-28-32-49-45(34-39)43-18-8-10-21-47(43)56(49)50-22-12-24-52-54(50)53-41(19-11-23-51(53)57-52)37-15-5-2-6-16-37/h1-34H/i1D,3D,4D,7D,8D,9D,10D,13D,14D,17D,18D,20D,21D,23D,24D,25D,26D,27D,28D,29D,30D,31D,32D,33D,34D. The van der Waals surface area contributed by atoms with Crippen LogP contribution in [0.15, 0.2) is 210 Å². The summed E-state index contributed by atoms with van der Waals surface area (Å²) in [5.41, 5.74) is -4.31. The Morgan fingerprint density at radius 3 is 1.61 bits per heavy atom. The van der Waals surface area contributed by atoms with Crippen molar-refractivity contribution in [3.05, 3.63) is 206 Å². The molecule has 12 aromatic rings. The molecule has 0 spiro atoms. The normalized spacial score (nSPS) is 18.0. The molecule has 12 rings (SSSR count). The van der Waals surface area contributed by atoms with Gasteiger partial charge >= 0.3 is 0 Å². The predicted molar refractivity (Wildman–Crippen MR) is 239 cm³/mol. The Labute approximate surface area is 364 Å². The number of furan rings is 1. The van der Waals surface area contributed by atoms with E-state index in [-0.39, 0.29) is 50.7 Å². The molecular weight excluding hydrogens is 693 g/mol.